The van der Waals surface area contributed by atoms with Crippen LogP contribution in [-0.4, -0.2) is 36.0 Å². The molecule has 5 rings (SSSR count). The number of anilines is 1. The zero-order valence-electron chi connectivity index (χ0n) is 15.7. The Morgan fingerprint density at radius 1 is 1.07 bits per heavy atom. The predicted molar refractivity (Wildman–Crippen MR) is 111 cm³/mol. The number of hydrogen-bond acceptors (Lipinski definition) is 6. The average molecular weight is 401 g/mol. The van der Waals surface area contributed by atoms with Gasteiger partial charge in [-0.2, -0.15) is 0 Å². The summed E-state index contributed by atoms with van der Waals surface area (Å²) in [6.45, 7) is 0.469. The first-order valence-electron chi connectivity index (χ1n) is 9.35. The lowest BCUT2D eigenvalue weighted by atomic mass is 10.2. The van der Waals surface area contributed by atoms with Crippen molar-refractivity contribution in [3.8, 4) is 5.69 Å². The third-order valence-corrected chi connectivity index (χ3v) is 4.78. The SMILES string of the molecule is O=c1c2cc(F)ccc2nc(CCNc2ncnc3nc[nH]c23)n1-c1ccccc1. The molecule has 0 amide bonds. The van der Waals surface area contributed by atoms with Gasteiger partial charge in [-0.3, -0.25) is 9.36 Å². The van der Waals surface area contributed by atoms with Crippen LogP contribution in [0.3, 0.4) is 0 Å². The number of nitrogens with zero attached hydrogens (tertiary/aromatic N) is 5. The molecule has 0 atom stereocenters. The summed E-state index contributed by atoms with van der Waals surface area (Å²) in [6, 6.07) is 13.3. The van der Waals surface area contributed by atoms with Gasteiger partial charge in [-0.15, -0.1) is 0 Å². The monoisotopic (exact) mass is 401 g/mol. The van der Waals surface area contributed by atoms with Crippen LogP contribution in [0.5, 0.6) is 0 Å². The van der Waals surface area contributed by atoms with Gasteiger partial charge in [-0.1, -0.05) is 18.2 Å². The molecule has 2 N–H and O–H groups in total. The van der Waals surface area contributed by atoms with Crippen LogP contribution in [0, 0.1) is 5.82 Å². The summed E-state index contributed by atoms with van der Waals surface area (Å²) in [5, 5.41) is 3.48. The third kappa shape index (κ3) is 3.16. The van der Waals surface area contributed by atoms with Gasteiger partial charge in [0.25, 0.3) is 5.56 Å². The van der Waals surface area contributed by atoms with Crippen molar-refractivity contribution in [3.05, 3.63) is 83.2 Å². The highest BCUT2D eigenvalue weighted by Gasteiger charge is 2.14. The molecule has 0 fully saturated rings. The highest BCUT2D eigenvalue weighted by atomic mass is 19.1. The Bertz CT molecular complexity index is 1410. The lowest BCUT2D eigenvalue weighted by Crippen LogP contribution is -2.25. The first-order valence-corrected chi connectivity index (χ1v) is 9.35. The van der Waals surface area contributed by atoms with Gasteiger partial charge in [-0.25, -0.2) is 24.3 Å². The molecule has 148 valence electrons. The quantitative estimate of drug-likeness (QED) is 0.470. The van der Waals surface area contributed by atoms with Gasteiger partial charge in [0.1, 0.15) is 23.5 Å². The van der Waals surface area contributed by atoms with Crippen molar-refractivity contribution in [1.82, 2.24) is 29.5 Å². The summed E-state index contributed by atoms with van der Waals surface area (Å²) in [6.07, 6.45) is 3.44. The fourth-order valence-corrected chi connectivity index (χ4v) is 3.41. The number of H-pyrrole nitrogens is 1. The number of rotatable bonds is 5. The normalized spacial score (nSPS) is 11.2. The molecule has 0 radical (unpaired) electrons. The van der Waals surface area contributed by atoms with E-state index in [2.05, 4.69) is 30.2 Å². The van der Waals surface area contributed by atoms with Crippen molar-refractivity contribution in [3.63, 3.8) is 0 Å². The standard InChI is InChI=1S/C21H16FN7O/c22-13-6-7-16-15(10-13)21(30)29(14-4-2-1-3-5-14)17(28-16)8-9-23-19-18-20(25-11-24-18)27-12-26-19/h1-7,10-12H,8-9H2,(H2,23,24,25,26,27). The second kappa shape index (κ2) is 7.36. The summed E-state index contributed by atoms with van der Waals surface area (Å²) in [5.74, 6) is 0.712. The first kappa shape index (κ1) is 17.9. The Labute approximate surface area is 169 Å². The average Bonchev–Trinajstić information content (AvgIpc) is 3.25. The number of fused-ring (bicyclic) bond motifs is 2. The van der Waals surface area contributed by atoms with E-state index in [-0.39, 0.29) is 10.9 Å². The van der Waals surface area contributed by atoms with Crippen LogP contribution in [0.1, 0.15) is 5.82 Å². The zero-order chi connectivity index (χ0) is 20.5. The smallest absolute Gasteiger partial charge is 0.266 e. The van der Waals surface area contributed by atoms with Crippen molar-refractivity contribution in [2.45, 2.75) is 6.42 Å². The molecule has 5 aromatic rings. The number of nitrogens with one attached hydrogen (secondary N) is 2. The highest BCUT2D eigenvalue weighted by molar-refractivity contribution is 5.82. The predicted octanol–water partition coefficient (Wildman–Crippen LogP) is 2.85. The number of aromatic amines is 1. The maximum absolute atomic E-state index is 13.7. The summed E-state index contributed by atoms with van der Waals surface area (Å²) >= 11 is 0. The number of halogens is 1. The molecule has 0 aliphatic rings. The van der Waals surface area contributed by atoms with Crippen molar-refractivity contribution in [2.24, 2.45) is 0 Å². The van der Waals surface area contributed by atoms with Crippen molar-refractivity contribution in [1.29, 1.82) is 0 Å². The summed E-state index contributed by atoms with van der Waals surface area (Å²) in [5.41, 5.74) is 2.11. The van der Waals surface area contributed by atoms with Crippen molar-refractivity contribution >= 4 is 27.9 Å². The van der Waals surface area contributed by atoms with Crippen LogP contribution in [-0.2, 0) is 6.42 Å². The molecule has 3 heterocycles. The van der Waals surface area contributed by atoms with E-state index < -0.39 is 5.82 Å². The molecule has 0 bridgehead atoms. The van der Waals surface area contributed by atoms with E-state index in [9.17, 15) is 9.18 Å². The maximum atomic E-state index is 13.7. The van der Waals surface area contributed by atoms with Gasteiger partial charge in [-0.05, 0) is 30.3 Å². The van der Waals surface area contributed by atoms with Crippen molar-refractivity contribution < 1.29 is 4.39 Å². The number of imidazole rings is 1. The summed E-state index contributed by atoms with van der Waals surface area (Å²) in [7, 11) is 0. The number of para-hydroxylation sites is 1. The molecule has 0 saturated carbocycles. The van der Waals surface area contributed by atoms with E-state index in [0.717, 1.165) is 0 Å². The number of benzene rings is 2. The zero-order valence-corrected chi connectivity index (χ0v) is 15.7. The van der Waals surface area contributed by atoms with Gasteiger partial charge < -0.3 is 10.3 Å². The Morgan fingerprint density at radius 2 is 1.93 bits per heavy atom. The van der Waals surface area contributed by atoms with E-state index in [1.54, 1.807) is 6.33 Å². The van der Waals surface area contributed by atoms with Gasteiger partial charge in [0.05, 0.1) is 22.9 Å². The molecule has 8 nitrogen and oxygen atoms in total. The van der Waals surface area contributed by atoms with Gasteiger partial charge in [0.2, 0.25) is 0 Å². The molecule has 2 aromatic carbocycles. The largest absolute Gasteiger partial charge is 0.368 e. The maximum Gasteiger partial charge on any atom is 0.266 e. The molecule has 30 heavy (non-hydrogen) atoms. The molecular formula is C21H16FN7O. The van der Waals surface area contributed by atoms with Crippen LogP contribution in [0.25, 0.3) is 27.8 Å². The van der Waals surface area contributed by atoms with E-state index in [4.69, 9.17) is 0 Å². The number of hydrogen-bond donors (Lipinski definition) is 2. The van der Waals surface area contributed by atoms with E-state index in [1.165, 1.54) is 29.1 Å². The molecule has 3 aromatic heterocycles. The Morgan fingerprint density at radius 3 is 2.80 bits per heavy atom. The molecular weight excluding hydrogens is 385 g/mol. The van der Waals surface area contributed by atoms with Crippen LogP contribution >= 0.6 is 0 Å². The fourth-order valence-electron chi connectivity index (χ4n) is 3.41. The minimum atomic E-state index is -0.470. The number of aromatic nitrogens is 6. The molecule has 9 heteroatoms. The van der Waals surface area contributed by atoms with E-state index >= 15 is 0 Å². The molecule has 0 saturated heterocycles. The van der Waals surface area contributed by atoms with Crippen LogP contribution in [0.2, 0.25) is 0 Å². The summed E-state index contributed by atoms with van der Waals surface area (Å²) < 4.78 is 15.3. The minimum Gasteiger partial charge on any atom is -0.368 e. The molecule has 0 spiro atoms. The molecule has 0 unspecified atom stereocenters. The van der Waals surface area contributed by atoms with Gasteiger partial charge in [0, 0.05) is 13.0 Å². The Kier molecular flexibility index (Phi) is 4.40. The summed E-state index contributed by atoms with van der Waals surface area (Å²) in [4.78, 5) is 33.3. The molecule has 0 aliphatic heterocycles. The lowest BCUT2D eigenvalue weighted by molar-refractivity contribution is 0.629. The van der Waals surface area contributed by atoms with Crippen LogP contribution in [0.4, 0.5) is 10.2 Å². The Hall–Kier alpha value is -4.14. The topological polar surface area (TPSA) is 101 Å². The lowest BCUT2D eigenvalue weighted by Gasteiger charge is -2.14. The van der Waals surface area contributed by atoms with E-state index in [0.29, 0.717) is 47.0 Å². The van der Waals surface area contributed by atoms with Gasteiger partial charge in [0.15, 0.2) is 11.5 Å². The first-order chi connectivity index (χ1) is 14.7. The van der Waals surface area contributed by atoms with E-state index in [1.807, 2.05) is 30.3 Å². The Balaban J connectivity index is 1.53. The van der Waals surface area contributed by atoms with Crippen LogP contribution in [0.15, 0.2) is 66.0 Å². The fraction of sp³-hybridized carbons (Fsp3) is 0.0952. The highest BCUT2D eigenvalue weighted by Crippen LogP contribution is 2.17. The second-order valence-electron chi connectivity index (χ2n) is 6.67. The molecule has 0 aliphatic carbocycles. The minimum absolute atomic E-state index is 0.241. The second-order valence-corrected chi connectivity index (χ2v) is 6.67. The van der Waals surface area contributed by atoms with Crippen molar-refractivity contribution in [2.75, 3.05) is 11.9 Å². The van der Waals surface area contributed by atoms with Gasteiger partial charge >= 0.3 is 0 Å². The third-order valence-electron chi connectivity index (χ3n) is 4.78. The van der Waals surface area contributed by atoms with Crippen LogP contribution < -0.4 is 10.9 Å².